The number of sulfonamides is 1. The van der Waals surface area contributed by atoms with Crippen molar-refractivity contribution in [2.45, 2.75) is 32.6 Å². The molecule has 0 saturated carbocycles. The number of hydrogen-bond acceptors (Lipinski definition) is 6. The Kier molecular flexibility index (Phi) is 7.42. The van der Waals surface area contributed by atoms with Crippen molar-refractivity contribution in [2.75, 3.05) is 36.4 Å². The van der Waals surface area contributed by atoms with Crippen LogP contribution in [0.5, 0.6) is 0 Å². The van der Waals surface area contributed by atoms with Crippen LogP contribution in [0.4, 0.5) is 11.4 Å². The molecule has 1 N–H and O–H groups in total. The summed E-state index contributed by atoms with van der Waals surface area (Å²) in [6.45, 7) is 9.75. The lowest BCUT2D eigenvalue weighted by Gasteiger charge is -2.25. The van der Waals surface area contributed by atoms with Crippen molar-refractivity contribution < 1.29 is 13.2 Å². The first-order chi connectivity index (χ1) is 15.3. The summed E-state index contributed by atoms with van der Waals surface area (Å²) < 4.78 is 27.5. The molecule has 2 aromatic carbocycles. The van der Waals surface area contributed by atoms with Crippen molar-refractivity contribution in [2.24, 2.45) is 0 Å². The SMILES string of the molecule is CCN(CC)c1ccc(S(=O)(=O)N(CC)CC)cc1NC(=O)c1cnc2ccccc2n1. The molecule has 0 fully saturated rings. The van der Waals surface area contributed by atoms with Gasteiger partial charge in [-0.05, 0) is 44.2 Å². The van der Waals surface area contributed by atoms with Gasteiger partial charge in [-0.25, -0.2) is 13.4 Å². The minimum Gasteiger partial charge on any atom is -0.370 e. The fourth-order valence-corrected chi connectivity index (χ4v) is 5.07. The lowest BCUT2D eigenvalue weighted by atomic mass is 10.2. The molecule has 0 bridgehead atoms. The molecule has 9 heteroatoms. The summed E-state index contributed by atoms with van der Waals surface area (Å²) >= 11 is 0. The number of para-hydroxylation sites is 2. The topological polar surface area (TPSA) is 95.5 Å². The monoisotopic (exact) mass is 455 g/mol. The lowest BCUT2D eigenvalue weighted by molar-refractivity contribution is 0.102. The van der Waals surface area contributed by atoms with E-state index in [2.05, 4.69) is 20.2 Å². The van der Waals surface area contributed by atoms with Crippen molar-refractivity contribution in [1.29, 1.82) is 0 Å². The maximum Gasteiger partial charge on any atom is 0.275 e. The third-order valence-corrected chi connectivity index (χ3v) is 7.39. The Morgan fingerprint density at radius 3 is 2.22 bits per heavy atom. The number of nitrogens with zero attached hydrogens (tertiary/aromatic N) is 4. The molecule has 0 unspecified atom stereocenters. The summed E-state index contributed by atoms with van der Waals surface area (Å²) in [5, 5.41) is 2.86. The standard InChI is InChI=1S/C23H29N5O3S/c1-5-27(6-2)22-14-13-17(32(30,31)28(7-3)8-4)15-20(22)26-23(29)21-16-24-18-11-9-10-12-19(18)25-21/h9-16H,5-8H2,1-4H3,(H,26,29). The van der Waals surface area contributed by atoms with Gasteiger partial charge in [-0.1, -0.05) is 26.0 Å². The van der Waals surface area contributed by atoms with Crippen LogP contribution in [0.2, 0.25) is 0 Å². The molecule has 1 amide bonds. The first-order valence-electron chi connectivity index (χ1n) is 10.8. The predicted molar refractivity (Wildman–Crippen MR) is 128 cm³/mol. The van der Waals surface area contributed by atoms with E-state index in [1.807, 2.05) is 32.0 Å². The largest absolute Gasteiger partial charge is 0.370 e. The van der Waals surface area contributed by atoms with E-state index >= 15 is 0 Å². The van der Waals surface area contributed by atoms with Crippen LogP contribution in [0.3, 0.4) is 0 Å². The molecule has 0 aliphatic carbocycles. The number of rotatable bonds is 9. The Morgan fingerprint density at radius 2 is 1.59 bits per heavy atom. The van der Waals surface area contributed by atoms with E-state index < -0.39 is 15.9 Å². The molecule has 3 rings (SSSR count). The number of carbonyl (C=O) groups excluding carboxylic acids is 1. The average Bonchev–Trinajstić information content (AvgIpc) is 2.80. The van der Waals surface area contributed by atoms with Gasteiger partial charge in [0.15, 0.2) is 0 Å². The summed E-state index contributed by atoms with van der Waals surface area (Å²) in [7, 11) is -3.67. The summed E-state index contributed by atoms with van der Waals surface area (Å²) in [5.74, 6) is -0.450. The number of anilines is 2. The van der Waals surface area contributed by atoms with Gasteiger partial charge >= 0.3 is 0 Å². The van der Waals surface area contributed by atoms with Crippen LogP contribution < -0.4 is 10.2 Å². The van der Waals surface area contributed by atoms with Gasteiger partial charge in [-0.3, -0.25) is 9.78 Å². The number of carbonyl (C=O) groups is 1. The van der Waals surface area contributed by atoms with Gasteiger partial charge in [-0.15, -0.1) is 0 Å². The third kappa shape index (κ3) is 4.73. The van der Waals surface area contributed by atoms with Crippen LogP contribution in [0.1, 0.15) is 38.2 Å². The number of aromatic nitrogens is 2. The first-order valence-corrected chi connectivity index (χ1v) is 12.2. The number of amides is 1. The van der Waals surface area contributed by atoms with E-state index in [0.717, 1.165) is 5.69 Å². The van der Waals surface area contributed by atoms with E-state index in [-0.39, 0.29) is 10.6 Å². The Hall–Kier alpha value is -3.04. The minimum absolute atomic E-state index is 0.136. The molecule has 32 heavy (non-hydrogen) atoms. The Labute approximate surface area is 189 Å². The lowest BCUT2D eigenvalue weighted by Crippen LogP contribution is -2.31. The normalized spacial score (nSPS) is 11.7. The van der Waals surface area contributed by atoms with Gasteiger partial charge in [0.1, 0.15) is 5.69 Å². The fourth-order valence-electron chi connectivity index (χ4n) is 3.58. The van der Waals surface area contributed by atoms with Crippen LogP contribution >= 0.6 is 0 Å². The van der Waals surface area contributed by atoms with E-state index in [4.69, 9.17) is 0 Å². The number of nitrogens with one attached hydrogen (secondary N) is 1. The third-order valence-electron chi connectivity index (χ3n) is 5.34. The van der Waals surface area contributed by atoms with E-state index in [1.165, 1.54) is 16.6 Å². The van der Waals surface area contributed by atoms with Crippen LogP contribution in [0.25, 0.3) is 11.0 Å². The van der Waals surface area contributed by atoms with Crippen LogP contribution in [-0.2, 0) is 10.0 Å². The molecular weight excluding hydrogens is 426 g/mol. The van der Waals surface area contributed by atoms with Crippen molar-refractivity contribution in [3.8, 4) is 0 Å². The fraction of sp³-hybridized carbons (Fsp3) is 0.348. The molecular formula is C23H29N5O3S. The van der Waals surface area contributed by atoms with Crippen LogP contribution in [0, 0.1) is 0 Å². The van der Waals surface area contributed by atoms with Crippen molar-refractivity contribution in [3.05, 3.63) is 54.4 Å². The maximum atomic E-state index is 13.0. The van der Waals surface area contributed by atoms with Gasteiger partial charge in [-0.2, -0.15) is 4.31 Å². The van der Waals surface area contributed by atoms with Gasteiger partial charge in [0.05, 0.1) is 33.5 Å². The van der Waals surface area contributed by atoms with Gasteiger partial charge in [0, 0.05) is 26.2 Å². The van der Waals surface area contributed by atoms with Crippen LogP contribution in [-0.4, -0.2) is 54.8 Å². The van der Waals surface area contributed by atoms with Gasteiger partial charge in [0.25, 0.3) is 5.91 Å². The second-order valence-electron chi connectivity index (χ2n) is 7.14. The molecule has 0 radical (unpaired) electrons. The smallest absolute Gasteiger partial charge is 0.275 e. The van der Waals surface area contributed by atoms with E-state index in [1.54, 1.807) is 32.0 Å². The number of fused-ring (bicyclic) bond motifs is 1. The molecule has 8 nitrogen and oxygen atoms in total. The molecule has 170 valence electrons. The van der Waals surface area contributed by atoms with Gasteiger partial charge < -0.3 is 10.2 Å². The summed E-state index contributed by atoms with van der Waals surface area (Å²) in [6.07, 6.45) is 1.42. The molecule has 3 aromatic rings. The highest BCUT2D eigenvalue weighted by molar-refractivity contribution is 7.89. The Bertz CT molecular complexity index is 1210. The maximum absolute atomic E-state index is 13.0. The van der Waals surface area contributed by atoms with E-state index in [0.29, 0.717) is 42.9 Å². The summed E-state index contributed by atoms with van der Waals surface area (Å²) in [4.78, 5) is 23.9. The molecule has 0 atom stereocenters. The Morgan fingerprint density at radius 1 is 0.938 bits per heavy atom. The first kappa shape index (κ1) is 23.6. The van der Waals surface area contributed by atoms with Gasteiger partial charge in [0.2, 0.25) is 10.0 Å². The highest BCUT2D eigenvalue weighted by atomic mass is 32.2. The molecule has 1 heterocycles. The summed E-state index contributed by atoms with van der Waals surface area (Å²) in [6, 6.07) is 12.2. The zero-order chi connectivity index (χ0) is 23.3. The molecule has 0 aliphatic heterocycles. The quantitative estimate of drug-likeness (QED) is 0.528. The highest BCUT2D eigenvalue weighted by Gasteiger charge is 2.24. The molecule has 0 aliphatic rings. The highest BCUT2D eigenvalue weighted by Crippen LogP contribution is 2.30. The molecule has 0 saturated heterocycles. The second kappa shape index (κ2) is 10.1. The molecule has 1 aromatic heterocycles. The van der Waals surface area contributed by atoms with Crippen molar-refractivity contribution >= 4 is 38.3 Å². The molecule has 0 spiro atoms. The second-order valence-corrected chi connectivity index (χ2v) is 9.08. The predicted octanol–water partition coefficient (Wildman–Crippen LogP) is 3.76. The van der Waals surface area contributed by atoms with Crippen molar-refractivity contribution in [1.82, 2.24) is 14.3 Å². The zero-order valence-corrected chi connectivity index (χ0v) is 19.7. The minimum atomic E-state index is -3.67. The number of benzene rings is 2. The average molecular weight is 456 g/mol. The zero-order valence-electron chi connectivity index (χ0n) is 18.9. The number of hydrogen-bond donors (Lipinski definition) is 1. The Balaban J connectivity index is 2.03. The summed E-state index contributed by atoms with van der Waals surface area (Å²) in [5.41, 5.74) is 2.63. The van der Waals surface area contributed by atoms with Crippen molar-refractivity contribution in [3.63, 3.8) is 0 Å². The van der Waals surface area contributed by atoms with E-state index in [9.17, 15) is 13.2 Å². The van der Waals surface area contributed by atoms with Crippen LogP contribution in [0.15, 0.2) is 53.6 Å².